The van der Waals surface area contributed by atoms with Crippen LogP contribution in [0.5, 0.6) is 0 Å². The highest BCUT2D eigenvalue weighted by molar-refractivity contribution is 6.73. The van der Waals surface area contributed by atoms with Gasteiger partial charge >= 0.3 is 0 Å². The van der Waals surface area contributed by atoms with E-state index in [-0.39, 0.29) is 0 Å². The van der Waals surface area contributed by atoms with E-state index < -0.39 is 0 Å². The molecule has 1 aromatic heterocycles. The van der Waals surface area contributed by atoms with Crippen LogP contribution in [0.1, 0.15) is 27.8 Å². The predicted molar refractivity (Wildman–Crippen MR) is 273 cm³/mol. The van der Waals surface area contributed by atoms with Gasteiger partial charge in [-0.15, -0.1) is 0 Å². The van der Waals surface area contributed by atoms with Crippen LogP contribution in [0.25, 0.3) is 33.1 Å². The van der Waals surface area contributed by atoms with Crippen LogP contribution < -0.4 is 25.6 Å². The number of aryl methyl sites for hydroxylation is 5. The SMILES string of the molecule is Cc1ccc(N(c2ccc(C)cc2)c2cc3c(c(N(c4ccc(C)cc4)c4ccc(C)cc4-c4cccc5c4oc4ccccc45)c2)Bc2ccccc2N3c2ccc(C)cc2)cc1. The average molecular weight is 826 g/mol. The standard InChI is InChI=1S/C59H48BN3O/c1-38-17-26-43(27-18-38)61(44-28-19-39(2)20-29-44)47-36-55(58-56(37-47)63(46-32-23-41(4)24-33-46)54-15-8-7-14-52(54)60-58)62(45-30-21-40(3)22-31-45)53-34-25-42(5)35-51(53)50-13-10-12-49-48-11-6-9-16-57(48)64-59(49)50/h6-37,60H,1-5H3. The highest BCUT2D eigenvalue weighted by atomic mass is 16.3. The van der Waals surface area contributed by atoms with Crippen molar-refractivity contribution in [3.63, 3.8) is 0 Å². The van der Waals surface area contributed by atoms with E-state index in [0.29, 0.717) is 0 Å². The summed E-state index contributed by atoms with van der Waals surface area (Å²) in [6.07, 6.45) is 0. The Kier molecular flexibility index (Phi) is 9.69. The van der Waals surface area contributed by atoms with Gasteiger partial charge in [-0.2, -0.15) is 0 Å². The quantitative estimate of drug-likeness (QED) is 0.142. The monoisotopic (exact) mass is 825 g/mol. The first-order valence-corrected chi connectivity index (χ1v) is 22.2. The van der Waals surface area contributed by atoms with E-state index in [9.17, 15) is 0 Å². The Labute approximate surface area is 376 Å². The van der Waals surface area contributed by atoms with E-state index in [0.717, 1.165) is 85.8 Å². The van der Waals surface area contributed by atoms with Crippen LogP contribution in [-0.4, -0.2) is 7.28 Å². The van der Waals surface area contributed by atoms with Crippen molar-refractivity contribution in [3.8, 4) is 11.1 Å². The van der Waals surface area contributed by atoms with Crippen molar-refractivity contribution in [2.45, 2.75) is 34.6 Å². The second kappa shape index (κ2) is 15.9. The van der Waals surface area contributed by atoms with Crippen LogP contribution in [0, 0.1) is 34.6 Å². The topological polar surface area (TPSA) is 22.9 Å². The summed E-state index contributed by atoms with van der Waals surface area (Å²) in [6.45, 7) is 10.8. The summed E-state index contributed by atoms with van der Waals surface area (Å²) in [4.78, 5) is 7.39. The van der Waals surface area contributed by atoms with Gasteiger partial charge in [0.25, 0.3) is 0 Å². The Bertz CT molecular complexity index is 3310. The van der Waals surface area contributed by atoms with E-state index in [1.54, 1.807) is 0 Å². The fraction of sp³-hybridized carbons (Fsp3) is 0.0847. The molecule has 0 radical (unpaired) electrons. The number of para-hydroxylation sites is 3. The first-order chi connectivity index (χ1) is 31.3. The maximum atomic E-state index is 6.77. The lowest BCUT2D eigenvalue weighted by Gasteiger charge is -2.39. The van der Waals surface area contributed by atoms with Crippen molar-refractivity contribution in [3.05, 3.63) is 222 Å². The minimum absolute atomic E-state index is 0.751. The Morgan fingerprint density at radius 2 is 0.969 bits per heavy atom. The first-order valence-electron chi connectivity index (χ1n) is 22.2. The van der Waals surface area contributed by atoms with Crippen LogP contribution in [0.15, 0.2) is 199 Å². The Morgan fingerprint density at radius 3 is 1.64 bits per heavy atom. The van der Waals surface area contributed by atoms with Gasteiger partial charge < -0.3 is 19.1 Å². The first kappa shape index (κ1) is 39.1. The Balaban J connectivity index is 1.25. The normalized spacial score (nSPS) is 11.9. The molecule has 4 nitrogen and oxygen atoms in total. The molecule has 0 bridgehead atoms. The summed E-state index contributed by atoms with van der Waals surface area (Å²) < 4.78 is 6.77. The van der Waals surface area contributed by atoms with E-state index in [1.807, 2.05) is 6.07 Å². The molecule has 0 spiro atoms. The minimum atomic E-state index is 0.751. The second-order valence-corrected chi connectivity index (χ2v) is 17.4. The largest absolute Gasteiger partial charge is 0.455 e. The van der Waals surface area contributed by atoms with E-state index in [2.05, 4.69) is 237 Å². The highest BCUT2D eigenvalue weighted by Crippen LogP contribution is 2.49. The third-order valence-corrected chi connectivity index (χ3v) is 12.8. The maximum Gasteiger partial charge on any atom is 0.200 e. The smallest absolute Gasteiger partial charge is 0.200 e. The molecular formula is C59H48BN3O. The lowest BCUT2D eigenvalue weighted by molar-refractivity contribution is 0.670. The fourth-order valence-electron chi connectivity index (χ4n) is 9.46. The van der Waals surface area contributed by atoms with Crippen molar-refractivity contribution in [1.82, 2.24) is 0 Å². The zero-order valence-electron chi connectivity index (χ0n) is 36.9. The lowest BCUT2D eigenvalue weighted by Crippen LogP contribution is -2.42. The summed E-state index contributed by atoms with van der Waals surface area (Å²) in [5, 5.41) is 2.23. The van der Waals surface area contributed by atoms with Crippen LogP contribution in [0.2, 0.25) is 0 Å². The van der Waals surface area contributed by atoms with Crippen molar-refractivity contribution in [1.29, 1.82) is 0 Å². The number of rotatable bonds is 8. The number of benzene rings is 9. The molecule has 0 atom stereocenters. The molecule has 0 N–H and O–H groups in total. The Hall–Kier alpha value is -7.76. The zero-order valence-corrected chi connectivity index (χ0v) is 36.9. The van der Waals surface area contributed by atoms with Gasteiger partial charge in [0.2, 0.25) is 7.28 Å². The van der Waals surface area contributed by atoms with E-state index in [4.69, 9.17) is 4.42 Å². The number of furan rings is 1. The summed E-state index contributed by atoms with van der Waals surface area (Å²) in [5.74, 6) is 0. The van der Waals surface area contributed by atoms with Crippen LogP contribution in [-0.2, 0) is 0 Å². The van der Waals surface area contributed by atoms with Crippen LogP contribution in [0.3, 0.4) is 0 Å². The molecule has 5 heteroatoms. The summed E-state index contributed by atoms with van der Waals surface area (Å²) in [5.41, 5.74) is 22.4. The maximum absolute atomic E-state index is 6.77. The van der Waals surface area contributed by atoms with Crippen molar-refractivity contribution >= 4 is 91.3 Å². The molecule has 64 heavy (non-hydrogen) atoms. The number of fused-ring (bicyclic) bond motifs is 5. The molecule has 9 aromatic carbocycles. The third-order valence-electron chi connectivity index (χ3n) is 12.8. The molecule has 10 aromatic rings. The highest BCUT2D eigenvalue weighted by Gasteiger charge is 2.32. The molecule has 0 saturated carbocycles. The van der Waals surface area contributed by atoms with E-state index >= 15 is 0 Å². The molecular weight excluding hydrogens is 777 g/mol. The molecule has 308 valence electrons. The summed E-state index contributed by atoms with van der Waals surface area (Å²) >= 11 is 0. The average Bonchev–Trinajstić information content (AvgIpc) is 3.70. The van der Waals surface area contributed by atoms with Gasteiger partial charge in [0.15, 0.2) is 0 Å². The second-order valence-electron chi connectivity index (χ2n) is 17.4. The van der Waals surface area contributed by atoms with Crippen molar-refractivity contribution in [2.24, 2.45) is 0 Å². The van der Waals surface area contributed by atoms with Crippen LogP contribution >= 0.6 is 0 Å². The van der Waals surface area contributed by atoms with Gasteiger partial charge in [0, 0.05) is 61.7 Å². The van der Waals surface area contributed by atoms with Gasteiger partial charge in [-0.1, -0.05) is 142 Å². The Morgan fingerprint density at radius 1 is 0.406 bits per heavy atom. The zero-order chi connectivity index (χ0) is 43.5. The molecule has 0 amide bonds. The third kappa shape index (κ3) is 6.90. The number of hydrogen-bond donors (Lipinski definition) is 0. The van der Waals surface area contributed by atoms with Gasteiger partial charge in [-0.05, 0) is 125 Å². The number of anilines is 9. The molecule has 0 saturated heterocycles. The van der Waals surface area contributed by atoms with Gasteiger partial charge in [0.05, 0.1) is 11.4 Å². The van der Waals surface area contributed by atoms with Crippen molar-refractivity contribution in [2.75, 3.05) is 14.7 Å². The van der Waals surface area contributed by atoms with Crippen LogP contribution in [0.4, 0.5) is 51.2 Å². The molecule has 11 rings (SSSR count). The number of hydrogen-bond acceptors (Lipinski definition) is 4. The number of nitrogens with zero attached hydrogens (tertiary/aromatic N) is 3. The molecule has 2 heterocycles. The van der Waals surface area contributed by atoms with Gasteiger partial charge in [0.1, 0.15) is 11.2 Å². The lowest BCUT2D eigenvalue weighted by atomic mass is 9.59. The molecule has 0 fully saturated rings. The summed E-state index contributed by atoms with van der Waals surface area (Å²) in [6, 6.07) is 71.3. The van der Waals surface area contributed by atoms with Gasteiger partial charge in [-0.3, -0.25) is 0 Å². The molecule has 0 aliphatic carbocycles. The minimum Gasteiger partial charge on any atom is -0.455 e. The molecule has 1 aliphatic heterocycles. The predicted octanol–water partition coefficient (Wildman–Crippen LogP) is 14.9. The van der Waals surface area contributed by atoms with Gasteiger partial charge in [-0.25, -0.2) is 0 Å². The van der Waals surface area contributed by atoms with E-state index in [1.165, 1.54) is 44.4 Å². The summed E-state index contributed by atoms with van der Waals surface area (Å²) in [7, 11) is 0.751. The fourth-order valence-corrected chi connectivity index (χ4v) is 9.46. The molecule has 0 unspecified atom stereocenters. The van der Waals surface area contributed by atoms with Crippen molar-refractivity contribution < 1.29 is 4.42 Å². The molecule has 1 aliphatic rings.